The fraction of sp³-hybridized carbons (Fsp3) is 0.333. The van der Waals surface area contributed by atoms with Crippen molar-refractivity contribution in [2.75, 3.05) is 43.3 Å². The summed E-state index contributed by atoms with van der Waals surface area (Å²) in [4.78, 5) is 2.49. The zero-order valence-corrected chi connectivity index (χ0v) is 18.5. The Bertz CT molecular complexity index is 1210. The Kier molecular flexibility index (Phi) is 4.24. The number of nitrogens with zero attached hydrogens (tertiary/aromatic N) is 1. The Hall–Kier alpha value is -3.38. The molecule has 168 valence electrons. The highest BCUT2D eigenvalue weighted by Crippen LogP contribution is 2.54. The summed E-state index contributed by atoms with van der Waals surface area (Å²) in [5.74, 6) is 2.50. The molecule has 1 spiro atoms. The van der Waals surface area contributed by atoms with Crippen LogP contribution in [0, 0.1) is 0 Å². The minimum Gasteiger partial charge on any atom is -0.492 e. The van der Waals surface area contributed by atoms with Crippen LogP contribution in [0.4, 0.5) is 11.4 Å². The first-order chi connectivity index (χ1) is 16.3. The Labute approximate surface area is 193 Å². The predicted octanol–water partition coefficient (Wildman–Crippen LogP) is 3.89. The Morgan fingerprint density at radius 2 is 1.79 bits per heavy atom. The molecule has 6 nitrogen and oxygen atoms in total. The summed E-state index contributed by atoms with van der Waals surface area (Å²) >= 11 is 0. The van der Waals surface area contributed by atoms with Crippen LogP contribution in [0.3, 0.4) is 0 Å². The van der Waals surface area contributed by atoms with Crippen LogP contribution < -0.4 is 29.7 Å². The first-order valence-corrected chi connectivity index (χ1v) is 11.8. The van der Waals surface area contributed by atoms with Crippen LogP contribution in [-0.4, -0.2) is 39.1 Å². The first kappa shape index (κ1) is 19.1. The summed E-state index contributed by atoms with van der Waals surface area (Å²) in [6.45, 7) is 4.79. The highest BCUT2D eigenvalue weighted by Gasteiger charge is 2.50. The van der Waals surface area contributed by atoms with Gasteiger partial charge in [0.05, 0.1) is 5.41 Å². The summed E-state index contributed by atoms with van der Waals surface area (Å²) in [5.41, 5.74) is 6.12. The van der Waals surface area contributed by atoms with E-state index >= 15 is 0 Å². The zero-order chi connectivity index (χ0) is 21.8. The van der Waals surface area contributed by atoms with E-state index in [1.54, 1.807) is 0 Å². The highest BCUT2D eigenvalue weighted by molar-refractivity contribution is 5.71. The molecule has 1 saturated heterocycles. The van der Waals surface area contributed by atoms with Gasteiger partial charge >= 0.3 is 0 Å². The lowest BCUT2D eigenvalue weighted by atomic mass is 9.77. The zero-order valence-electron chi connectivity index (χ0n) is 18.5. The van der Waals surface area contributed by atoms with Crippen molar-refractivity contribution in [3.63, 3.8) is 0 Å². The molecule has 0 aromatic heterocycles. The van der Waals surface area contributed by atoms with Gasteiger partial charge in [-0.25, -0.2) is 0 Å². The Balaban J connectivity index is 1.18. The second kappa shape index (κ2) is 7.32. The average molecular weight is 442 g/mol. The van der Waals surface area contributed by atoms with E-state index in [9.17, 15) is 0 Å². The number of anilines is 2. The lowest BCUT2D eigenvalue weighted by molar-refractivity contribution is 0.173. The van der Waals surface area contributed by atoms with Crippen molar-refractivity contribution in [3.05, 3.63) is 77.4 Å². The number of para-hydroxylation sites is 1. The van der Waals surface area contributed by atoms with Crippen LogP contribution in [0.1, 0.15) is 23.1 Å². The van der Waals surface area contributed by atoms with Gasteiger partial charge in [-0.2, -0.15) is 0 Å². The van der Waals surface area contributed by atoms with Gasteiger partial charge in [0.25, 0.3) is 0 Å². The van der Waals surface area contributed by atoms with Crippen LogP contribution in [0.5, 0.6) is 17.2 Å². The molecule has 1 fully saturated rings. The van der Waals surface area contributed by atoms with Gasteiger partial charge in [-0.1, -0.05) is 30.3 Å². The van der Waals surface area contributed by atoms with Gasteiger partial charge in [0, 0.05) is 48.7 Å². The molecule has 1 unspecified atom stereocenters. The molecule has 4 aliphatic rings. The van der Waals surface area contributed by atoms with Crippen LogP contribution in [0.2, 0.25) is 0 Å². The molecule has 0 bridgehead atoms. The van der Waals surface area contributed by atoms with E-state index in [0.717, 1.165) is 43.4 Å². The van der Waals surface area contributed by atoms with Crippen molar-refractivity contribution >= 4 is 11.4 Å². The van der Waals surface area contributed by atoms with Gasteiger partial charge in [-0.05, 0) is 48.4 Å². The summed E-state index contributed by atoms with van der Waals surface area (Å²) in [7, 11) is 0. The third kappa shape index (κ3) is 3.04. The number of rotatable bonds is 4. The molecular formula is C27H27N3O3. The van der Waals surface area contributed by atoms with Crippen LogP contribution in [0.25, 0.3) is 0 Å². The van der Waals surface area contributed by atoms with E-state index in [-0.39, 0.29) is 12.2 Å². The average Bonchev–Trinajstić information content (AvgIpc) is 3.63. The van der Waals surface area contributed by atoms with Crippen molar-refractivity contribution in [2.45, 2.75) is 24.4 Å². The maximum atomic E-state index is 6.22. The number of ether oxygens (including phenoxy) is 3. The first-order valence-electron chi connectivity index (χ1n) is 11.8. The van der Waals surface area contributed by atoms with E-state index in [1.807, 2.05) is 6.07 Å². The SMILES string of the molecule is c1ccc2c(c1)N(Cc1ccc(N[C@@H]3CCNC3)cc1)CC21COc2cc3c(cc21)OCO3. The van der Waals surface area contributed by atoms with Gasteiger partial charge in [0.15, 0.2) is 11.5 Å². The molecule has 0 aliphatic carbocycles. The molecule has 0 saturated carbocycles. The number of fused-ring (bicyclic) bond motifs is 5. The molecule has 33 heavy (non-hydrogen) atoms. The number of hydrogen-bond acceptors (Lipinski definition) is 6. The van der Waals surface area contributed by atoms with Crippen LogP contribution in [-0.2, 0) is 12.0 Å². The van der Waals surface area contributed by atoms with Crippen molar-refractivity contribution in [1.29, 1.82) is 0 Å². The van der Waals surface area contributed by atoms with Crippen molar-refractivity contribution in [3.8, 4) is 17.2 Å². The molecule has 6 heteroatoms. The molecule has 4 heterocycles. The Morgan fingerprint density at radius 1 is 0.939 bits per heavy atom. The summed E-state index contributed by atoms with van der Waals surface area (Å²) in [5, 5.41) is 7.05. The molecule has 7 rings (SSSR count). The predicted molar refractivity (Wildman–Crippen MR) is 128 cm³/mol. The van der Waals surface area contributed by atoms with Gasteiger partial charge in [-0.3, -0.25) is 0 Å². The second-order valence-electron chi connectivity index (χ2n) is 9.48. The van der Waals surface area contributed by atoms with Crippen molar-refractivity contribution < 1.29 is 14.2 Å². The maximum Gasteiger partial charge on any atom is 0.231 e. The topological polar surface area (TPSA) is 55.0 Å². The third-order valence-corrected chi connectivity index (χ3v) is 7.44. The van der Waals surface area contributed by atoms with E-state index in [2.05, 4.69) is 70.1 Å². The van der Waals surface area contributed by atoms with Crippen molar-refractivity contribution in [1.82, 2.24) is 5.32 Å². The molecule has 3 aromatic carbocycles. The van der Waals surface area contributed by atoms with Gasteiger partial charge < -0.3 is 29.7 Å². The smallest absolute Gasteiger partial charge is 0.231 e. The standard InChI is InChI=1S/C27H27N3O3/c1-2-4-23-21(3-1)27(16-31-24-12-26-25(11-22(24)27)32-17-33-26)15-30(23)14-18-5-7-19(8-6-18)29-20-9-10-28-13-20/h1-8,11-12,20,28-29H,9-10,13-17H2/t20-,27?/m1/s1. The fourth-order valence-corrected chi connectivity index (χ4v) is 5.78. The maximum absolute atomic E-state index is 6.22. The minimum atomic E-state index is -0.191. The lowest BCUT2D eigenvalue weighted by Gasteiger charge is -2.25. The minimum absolute atomic E-state index is 0.191. The lowest BCUT2D eigenvalue weighted by Crippen LogP contribution is -2.35. The second-order valence-corrected chi connectivity index (χ2v) is 9.48. The normalized spacial score (nSPS) is 24.1. The molecule has 3 aromatic rings. The quantitative estimate of drug-likeness (QED) is 0.641. The third-order valence-electron chi connectivity index (χ3n) is 7.44. The van der Waals surface area contributed by atoms with Crippen LogP contribution >= 0.6 is 0 Å². The van der Waals surface area contributed by atoms with Crippen molar-refractivity contribution in [2.24, 2.45) is 0 Å². The molecule has 0 amide bonds. The van der Waals surface area contributed by atoms with E-state index < -0.39 is 0 Å². The largest absolute Gasteiger partial charge is 0.492 e. The molecule has 4 aliphatic heterocycles. The molecule has 2 atom stereocenters. The molecular weight excluding hydrogens is 414 g/mol. The molecule has 2 N–H and O–H groups in total. The number of benzene rings is 3. The van der Waals surface area contributed by atoms with E-state index in [1.165, 1.54) is 34.5 Å². The van der Waals surface area contributed by atoms with Gasteiger partial charge in [-0.15, -0.1) is 0 Å². The molecule has 0 radical (unpaired) electrons. The van der Waals surface area contributed by atoms with Gasteiger partial charge in [0.2, 0.25) is 6.79 Å². The number of hydrogen-bond donors (Lipinski definition) is 2. The summed E-state index contributed by atoms with van der Waals surface area (Å²) < 4.78 is 17.5. The number of nitrogens with one attached hydrogen (secondary N) is 2. The monoisotopic (exact) mass is 441 g/mol. The summed E-state index contributed by atoms with van der Waals surface area (Å²) in [6, 6.07) is 22.3. The Morgan fingerprint density at radius 3 is 2.64 bits per heavy atom. The van der Waals surface area contributed by atoms with E-state index in [0.29, 0.717) is 12.6 Å². The fourth-order valence-electron chi connectivity index (χ4n) is 5.78. The van der Waals surface area contributed by atoms with Gasteiger partial charge in [0.1, 0.15) is 12.4 Å². The summed E-state index contributed by atoms with van der Waals surface area (Å²) in [6.07, 6.45) is 1.18. The highest BCUT2D eigenvalue weighted by atomic mass is 16.7. The van der Waals surface area contributed by atoms with E-state index in [4.69, 9.17) is 14.2 Å². The van der Waals surface area contributed by atoms with Crippen LogP contribution in [0.15, 0.2) is 60.7 Å².